The number of rotatable bonds is 3. The zero-order valence-electron chi connectivity index (χ0n) is 8.02. The van der Waals surface area contributed by atoms with E-state index in [1.54, 1.807) is 24.5 Å². The summed E-state index contributed by atoms with van der Waals surface area (Å²) >= 11 is 1.31. The molecule has 14 heavy (non-hydrogen) atoms. The topological polar surface area (TPSA) is 54.4 Å². The molecule has 0 aliphatic heterocycles. The third-order valence-electron chi connectivity index (χ3n) is 1.92. The second-order valence-corrected chi connectivity index (χ2v) is 4.98. The Hall–Kier alpha value is -0.520. The summed E-state index contributed by atoms with van der Waals surface area (Å²) in [6.45, 7) is 1.86. The standard InChI is InChI=1S/C9H12O3S2/c1-3-7-5-4-6-8(13-2)9(7)14(10,11)12/h4-6H,3H2,1-2H3,(H,10,11,12). The van der Waals surface area contributed by atoms with E-state index in [0.29, 0.717) is 16.9 Å². The van der Waals surface area contributed by atoms with E-state index in [-0.39, 0.29) is 4.90 Å². The monoisotopic (exact) mass is 232 g/mol. The van der Waals surface area contributed by atoms with Crippen LogP contribution in [0.15, 0.2) is 28.0 Å². The quantitative estimate of drug-likeness (QED) is 0.641. The van der Waals surface area contributed by atoms with Gasteiger partial charge in [-0.3, -0.25) is 4.55 Å². The average molecular weight is 232 g/mol. The lowest BCUT2D eigenvalue weighted by atomic mass is 10.2. The van der Waals surface area contributed by atoms with Crippen molar-refractivity contribution in [2.24, 2.45) is 0 Å². The highest BCUT2D eigenvalue weighted by atomic mass is 32.2. The normalized spacial score (nSPS) is 11.6. The van der Waals surface area contributed by atoms with Crippen molar-refractivity contribution in [1.29, 1.82) is 0 Å². The molecule has 0 atom stereocenters. The summed E-state index contributed by atoms with van der Waals surface area (Å²) in [5, 5.41) is 0. The molecule has 0 heterocycles. The molecule has 78 valence electrons. The van der Waals surface area contributed by atoms with E-state index in [1.807, 2.05) is 6.92 Å². The van der Waals surface area contributed by atoms with E-state index in [1.165, 1.54) is 11.8 Å². The Morgan fingerprint density at radius 2 is 2.07 bits per heavy atom. The minimum atomic E-state index is -4.11. The van der Waals surface area contributed by atoms with Crippen molar-refractivity contribution in [2.45, 2.75) is 23.1 Å². The van der Waals surface area contributed by atoms with Gasteiger partial charge in [-0.1, -0.05) is 19.1 Å². The summed E-state index contributed by atoms with van der Waals surface area (Å²) in [5.74, 6) is 0. The maximum absolute atomic E-state index is 11.1. The summed E-state index contributed by atoms with van der Waals surface area (Å²) in [6.07, 6.45) is 2.37. The van der Waals surface area contributed by atoms with Crippen LogP contribution in [0.5, 0.6) is 0 Å². The molecule has 0 saturated carbocycles. The van der Waals surface area contributed by atoms with Gasteiger partial charge in [-0.15, -0.1) is 11.8 Å². The predicted molar refractivity (Wildman–Crippen MR) is 57.4 cm³/mol. The van der Waals surface area contributed by atoms with Crippen LogP contribution in [0.3, 0.4) is 0 Å². The number of hydrogen-bond acceptors (Lipinski definition) is 3. The molecule has 0 aromatic heterocycles. The molecule has 0 radical (unpaired) electrons. The van der Waals surface area contributed by atoms with Gasteiger partial charge >= 0.3 is 0 Å². The first-order valence-corrected chi connectivity index (χ1v) is 6.80. The van der Waals surface area contributed by atoms with E-state index in [4.69, 9.17) is 4.55 Å². The van der Waals surface area contributed by atoms with Crippen LogP contribution in [0.4, 0.5) is 0 Å². The first-order chi connectivity index (χ1) is 6.50. The minimum absolute atomic E-state index is 0.0509. The number of benzene rings is 1. The van der Waals surface area contributed by atoms with Crippen molar-refractivity contribution >= 4 is 21.9 Å². The van der Waals surface area contributed by atoms with Gasteiger partial charge in [0.15, 0.2) is 0 Å². The van der Waals surface area contributed by atoms with Gasteiger partial charge in [-0.2, -0.15) is 8.42 Å². The lowest BCUT2D eigenvalue weighted by molar-refractivity contribution is 0.480. The smallest absolute Gasteiger partial charge is 0.282 e. The van der Waals surface area contributed by atoms with Gasteiger partial charge in [0.25, 0.3) is 10.1 Å². The van der Waals surface area contributed by atoms with Crippen molar-refractivity contribution in [3.63, 3.8) is 0 Å². The molecule has 0 aliphatic carbocycles. The SMILES string of the molecule is CCc1cccc(SC)c1S(=O)(=O)O. The molecule has 0 saturated heterocycles. The number of aryl methyl sites for hydroxylation is 1. The van der Waals surface area contributed by atoms with Crippen molar-refractivity contribution in [3.05, 3.63) is 23.8 Å². The zero-order chi connectivity index (χ0) is 10.8. The average Bonchev–Trinajstić information content (AvgIpc) is 2.15. The molecule has 1 aromatic carbocycles. The van der Waals surface area contributed by atoms with Crippen LogP contribution in [-0.2, 0) is 16.5 Å². The molecule has 0 amide bonds. The van der Waals surface area contributed by atoms with Crippen LogP contribution in [0.1, 0.15) is 12.5 Å². The van der Waals surface area contributed by atoms with Gasteiger partial charge in [-0.25, -0.2) is 0 Å². The molecular formula is C9H12O3S2. The lowest BCUT2D eigenvalue weighted by Gasteiger charge is -2.08. The van der Waals surface area contributed by atoms with E-state index < -0.39 is 10.1 Å². The number of thioether (sulfide) groups is 1. The molecule has 0 aliphatic rings. The molecule has 5 heteroatoms. The molecule has 3 nitrogen and oxygen atoms in total. The third kappa shape index (κ3) is 2.29. The second kappa shape index (κ2) is 4.33. The Morgan fingerprint density at radius 1 is 1.43 bits per heavy atom. The van der Waals surface area contributed by atoms with Crippen molar-refractivity contribution in [3.8, 4) is 0 Å². The fourth-order valence-corrected chi connectivity index (χ4v) is 3.26. The number of hydrogen-bond donors (Lipinski definition) is 1. The lowest BCUT2D eigenvalue weighted by Crippen LogP contribution is -2.04. The molecule has 0 spiro atoms. The van der Waals surface area contributed by atoms with E-state index in [0.717, 1.165) is 0 Å². The highest BCUT2D eigenvalue weighted by molar-refractivity contribution is 7.99. The molecular weight excluding hydrogens is 220 g/mol. The van der Waals surface area contributed by atoms with Gasteiger partial charge in [-0.05, 0) is 24.3 Å². The summed E-state index contributed by atoms with van der Waals surface area (Å²) in [5.41, 5.74) is 0.652. The third-order valence-corrected chi connectivity index (χ3v) is 3.83. The van der Waals surface area contributed by atoms with Crippen molar-refractivity contribution in [1.82, 2.24) is 0 Å². The first-order valence-electron chi connectivity index (χ1n) is 4.14. The van der Waals surface area contributed by atoms with Gasteiger partial charge in [0, 0.05) is 4.90 Å². The summed E-state index contributed by atoms with van der Waals surface area (Å²) in [4.78, 5) is 0.641. The Kier molecular flexibility index (Phi) is 3.58. The van der Waals surface area contributed by atoms with Crippen LogP contribution in [-0.4, -0.2) is 19.2 Å². The Bertz CT molecular complexity index is 401. The van der Waals surface area contributed by atoms with Gasteiger partial charge < -0.3 is 0 Å². The van der Waals surface area contributed by atoms with Crippen LogP contribution >= 0.6 is 11.8 Å². The zero-order valence-corrected chi connectivity index (χ0v) is 9.65. The van der Waals surface area contributed by atoms with Crippen molar-refractivity contribution < 1.29 is 13.0 Å². The van der Waals surface area contributed by atoms with Crippen LogP contribution in [0.2, 0.25) is 0 Å². The Balaban J connectivity index is 3.50. The molecule has 1 aromatic rings. The van der Waals surface area contributed by atoms with E-state index in [2.05, 4.69) is 0 Å². The molecule has 0 bridgehead atoms. The fraction of sp³-hybridized carbons (Fsp3) is 0.333. The van der Waals surface area contributed by atoms with Crippen LogP contribution in [0.25, 0.3) is 0 Å². The van der Waals surface area contributed by atoms with Crippen molar-refractivity contribution in [2.75, 3.05) is 6.26 Å². The van der Waals surface area contributed by atoms with Crippen LogP contribution in [0, 0.1) is 0 Å². The van der Waals surface area contributed by atoms with E-state index >= 15 is 0 Å². The maximum atomic E-state index is 11.1. The maximum Gasteiger partial charge on any atom is 0.295 e. The molecule has 1 N–H and O–H groups in total. The molecule has 0 fully saturated rings. The summed E-state index contributed by atoms with van der Waals surface area (Å²) in [7, 11) is -4.11. The molecule has 1 rings (SSSR count). The highest BCUT2D eigenvalue weighted by Crippen LogP contribution is 2.28. The van der Waals surface area contributed by atoms with Crippen LogP contribution < -0.4 is 0 Å². The predicted octanol–water partition coefficient (Wildman–Crippen LogP) is 2.22. The summed E-state index contributed by atoms with van der Waals surface area (Å²) in [6, 6.07) is 5.19. The first kappa shape index (κ1) is 11.6. The van der Waals surface area contributed by atoms with Gasteiger partial charge in [0.2, 0.25) is 0 Å². The van der Waals surface area contributed by atoms with Gasteiger partial charge in [0.05, 0.1) is 0 Å². The molecule has 0 unspecified atom stereocenters. The Morgan fingerprint density at radius 3 is 2.50 bits per heavy atom. The minimum Gasteiger partial charge on any atom is -0.282 e. The second-order valence-electron chi connectivity index (χ2n) is 2.78. The fourth-order valence-electron chi connectivity index (χ4n) is 1.29. The largest absolute Gasteiger partial charge is 0.295 e. The van der Waals surface area contributed by atoms with E-state index in [9.17, 15) is 8.42 Å². The van der Waals surface area contributed by atoms with Gasteiger partial charge in [0.1, 0.15) is 4.90 Å². The Labute approximate surface area is 88.3 Å². The summed E-state index contributed by atoms with van der Waals surface area (Å²) < 4.78 is 31.3. The highest BCUT2D eigenvalue weighted by Gasteiger charge is 2.18.